The summed E-state index contributed by atoms with van der Waals surface area (Å²) in [6.45, 7) is 8.24. The van der Waals surface area contributed by atoms with E-state index in [1.54, 1.807) is 0 Å². The third-order valence-electron chi connectivity index (χ3n) is 3.92. The average Bonchev–Trinajstić information content (AvgIpc) is 2.53. The summed E-state index contributed by atoms with van der Waals surface area (Å²) < 4.78 is 0.998. The molecule has 0 unspecified atom stereocenters. The number of aryl methyl sites for hydroxylation is 1. The fourth-order valence-electron chi connectivity index (χ4n) is 2.65. The van der Waals surface area contributed by atoms with E-state index < -0.39 is 0 Å². The summed E-state index contributed by atoms with van der Waals surface area (Å²) in [6.07, 6.45) is 13.1. The highest BCUT2D eigenvalue weighted by Gasteiger charge is 2.14. The van der Waals surface area contributed by atoms with Crippen molar-refractivity contribution in [3.8, 4) is 0 Å². The molecule has 0 saturated heterocycles. The summed E-state index contributed by atoms with van der Waals surface area (Å²) in [5.74, 6) is 0. The van der Waals surface area contributed by atoms with Gasteiger partial charge in [-0.3, -0.25) is 0 Å². The Morgan fingerprint density at radius 1 is 1.09 bits per heavy atom. The number of alkyl halides is 1. The van der Waals surface area contributed by atoms with E-state index in [1.807, 2.05) is 6.08 Å². The Morgan fingerprint density at radius 3 is 2.36 bits per heavy atom. The molecule has 0 spiro atoms. The number of hydrogen-bond donors (Lipinski definition) is 0. The van der Waals surface area contributed by atoms with Crippen LogP contribution in [0.4, 0.5) is 0 Å². The topological polar surface area (TPSA) is 0 Å². The zero-order valence-corrected chi connectivity index (χ0v) is 15.6. The van der Waals surface area contributed by atoms with E-state index in [2.05, 4.69) is 91.6 Å². The van der Waals surface area contributed by atoms with Crippen LogP contribution in [0.2, 0.25) is 0 Å². The maximum atomic E-state index is 3.91. The molecule has 0 bridgehead atoms. The van der Waals surface area contributed by atoms with Crippen LogP contribution in [-0.4, -0.2) is 4.43 Å². The maximum absolute atomic E-state index is 3.91. The lowest BCUT2D eigenvalue weighted by Crippen LogP contribution is -1.99. The van der Waals surface area contributed by atoms with E-state index in [-0.39, 0.29) is 0 Å². The van der Waals surface area contributed by atoms with Crippen LogP contribution in [0.5, 0.6) is 0 Å². The first-order valence-electron chi connectivity index (χ1n) is 7.68. The van der Waals surface area contributed by atoms with E-state index >= 15 is 0 Å². The third kappa shape index (κ3) is 4.33. The lowest BCUT2D eigenvalue weighted by molar-refractivity contribution is 0.919. The van der Waals surface area contributed by atoms with Crippen molar-refractivity contribution in [1.82, 2.24) is 0 Å². The molecule has 0 aromatic heterocycles. The van der Waals surface area contributed by atoms with E-state index in [9.17, 15) is 0 Å². The van der Waals surface area contributed by atoms with Gasteiger partial charge in [-0.25, -0.2) is 0 Å². The first-order valence-corrected chi connectivity index (χ1v) is 9.21. The molecule has 0 fully saturated rings. The number of allylic oxidation sites excluding steroid dienone is 9. The van der Waals surface area contributed by atoms with E-state index in [0.717, 1.165) is 17.3 Å². The van der Waals surface area contributed by atoms with Gasteiger partial charge in [-0.15, -0.1) is 0 Å². The van der Waals surface area contributed by atoms with Crippen LogP contribution < -0.4 is 0 Å². The highest BCUT2D eigenvalue weighted by molar-refractivity contribution is 14.1. The van der Waals surface area contributed by atoms with Crippen LogP contribution in [0.1, 0.15) is 30.9 Å². The van der Waals surface area contributed by atoms with Gasteiger partial charge >= 0.3 is 0 Å². The molecular weight excluding hydrogens is 379 g/mol. The summed E-state index contributed by atoms with van der Waals surface area (Å²) in [5.41, 5.74) is 8.05. The zero-order valence-electron chi connectivity index (χ0n) is 13.4. The molecule has 0 atom stereocenters. The predicted molar refractivity (Wildman–Crippen MR) is 107 cm³/mol. The van der Waals surface area contributed by atoms with E-state index in [1.165, 1.54) is 33.4 Å². The summed E-state index contributed by atoms with van der Waals surface area (Å²) in [4.78, 5) is 0. The molecule has 1 aliphatic carbocycles. The molecule has 0 amide bonds. The normalized spacial score (nSPS) is 16.1. The second-order valence-corrected chi connectivity index (χ2v) is 6.54. The Kier molecular flexibility index (Phi) is 6.44. The molecule has 0 radical (unpaired) electrons. The number of hydrogen-bond acceptors (Lipinski definition) is 0. The number of rotatable bonds is 5. The van der Waals surface area contributed by atoms with E-state index in [4.69, 9.17) is 0 Å². The minimum atomic E-state index is 0.998. The molecule has 114 valence electrons. The third-order valence-corrected chi connectivity index (χ3v) is 4.36. The van der Waals surface area contributed by atoms with Gasteiger partial charge in [0.2, 0.25) is 0 Å². The van der Waals surface area contributed by atoms with Gasteiger partial charge in [0.25, 0.3) is 0 Å². The molecule has 22 heavy (non-hydrogen) atoms. The summed E-state index contributed by atoms with van der Waals surface area (Å²) in [5, 5.41) is 0. The second-order valence-electron chi connectivity index (χ2n) is 5.66. The largest absolute Gasteiger partial charge is 0.0990 e. The van der Waals surface area contributed by atoms with Crippen molar-refractivity contribution in [1.29, 1.82) is 0 Å². The molecule has 0 heterocycles. The maximum Gasteiger partial charge on any atom is 0.0185 e. The predicted octanol–water partition coefficient (Wildman–Crippen LogP) is 6.59. The molecule has 1 heteroatoms. The lowest BCUT2D eigenvalue weighted by atomic mass is 9.86. The summed E-state index contributed by atoms with van der Waals surface area (Å²) in [6, 6.07) is 8.80. The lowest BCUT2D eigenvalue weighted by Gasteiger charge is -2.19. The molecule has 0 N–H and O–H groups in total. The fraction of sp³-hybridized carbons (Fsp3) is 0.238. The Morgan fingerprint density at radius 2 is 1.82 bits per heavy atom. The van der Waals surface area contributed by atoms with Gasteiger partial charge in [-0.1, -0.05) is 95.0 Å². The molecular formula is C21H23I. The Bertz CT molecular complexity index is 652. The molecule has 0 aliphatic heterocycles. The van der Waals surface area contributed by atoms with Gasteiger partial charge in [0.05, 0.1) is 0 Å². The monoisotopic (exact) mass is 402 g/mol. The van der Waals surface area contributed by atoms with Crippen LogP contribution in [0.15, 0.2) is 77.9 Å². The smallest absolute Gasteiger partial charge is 0.0185 e. The zero-order chi connectivity index (χ0) is 15.9. The van der Waals surface area contributed by atoms with Crippen LogP contribution in [0.25, 0.3) is 5.57 Å². The standard InChI is InChI=1S/C21H23I/c1-4-5-20(18-10-6-16(2)7-11-18)21(14-15-22)19-12-8-17(3)9-13-19/h4-6,8-10,12-14H,1,7,11,15H2,2-3H3/b20-5-,21-14-. The van der Waals surface area contributed by atoms with Gasteiger partial charge < -0.3 is 0 Å². The summed E-state index contributed by atoms with van der Waals surface area (Å²) in [7, 11) is 0. The highest BCUT2D eigenvalue weighted by Crippen LogP contribution is 2.34. The van der Waals surface area contributed by atoms with Crippen LogP contribution in [-0.2, 0) is 0 Å². The summed E-state index contributed by atoms with van der Waals surface area (Å²) >= 11 is 2.41. The minimum absolute atomic E-state index is 0.998. The highest BCUT2D eigenvalue weighted by atomic mass is 127. The van der Waals surface area contributed by atoms with Crippen LogP contribution in [0, 0.1) is 6.92 Å². The Hall–Kier alpha value is -1.35. The quantitative estimate of drug-likeness (QED) is 0.296. The average molecular weight is 402 g/mol. The molecule has 2 rings (SSSR count). The first kappa shape index (κ1) is 17.0. The molecule has 0 saturated carbocycles. The van der Waals surface area contributed by atoms with Crippen molar-refractivity contribution in [3.63, 3.8) is 0 Å². The van der Waals surface area contributed by atoms with Crippen molar-refractivity contribution in [3.05, 3.63) is 89.1 Å². The number of benzene rings is 1. The second kappa shape index (κ2) is 8.33. The molecule has 0 nitrogen and oxygen atoms in total. The number of halogens is 1. The SMILES string of the molecule is C=C/C=C(C1=CC=C(C)CC1)\C(=C/CI)c1ccc(C)cc1. The van der Waals surface area contributed by atoms with Crippen LogP contribution >= 0.6 is 22.6 Å². The van der Waals surface area contributed by atoms with Gasteiger partial charge in [0.15, 0.2) is 0 Å². The Balaban J connectivity index is 2.48. The van der Waals surface area contributed by atoms with Crippen molar-refractivity contribution in [2.45, 2.75) is 26.7 Å². The van der Waals surface area contributed by atoms with Gasteiger partial charge in [-0.2, -0.15) is 0 Å². The van der Waals surface area contributed by atoms with Crippen molar-refractivity contribution < 1.29 is 0 Å². The van der Waals surface area contributed by atoms with Gasteiger partial charge in [-0.05, 0) is 49.0 Å². The van der Waals surface area contributed by atoms with Gasteiger partial charge in [0.1, 0.15) is 0 Å². The Labute approximate surface area is 148 Å². The van der Waals surface area contributed by atoms with Crippen molar-refractivity contribution >= 4 is 28.2 Å². The van der Waals surface area contributed by atoms with E-state index in [0.29, 0.717) is 0 Å². The first-order chi connectivity index (χ1) is 10.7. The molecule has 1 aliphatic rings. The van der Waals surface area contributed by atoms with Crippen molar-refractivity contribution in [2.75, 3.05) is 4.43 Å². The molecule has 1 aromatic rings. The fourth-order valence-corrected chi connectivity index (χ4v) is 3.09. The minimum Gasteiger partial charge on any atom is -0.0990 e. The molecule has 1 aromatic carbocycles. The van der Waals surface area contributed by atoms with Gasteiger partial charge in [0, 0.05) is 4.43 Å². The van der Waals surface area contributed by atoms with Crippen LogP contribution in [0.3, 0.4) is 0 Å². The van der Waals surface area contributed by atoms with Crippen molar-refractivity contribution in [2.24, 2.45) is 0 Å².